The summed E-state index contributed by atoms with van der Waals surface area (Å²) in [6.45, 7) is 4.33. The fourth-order valence-corrected chi connectivity index (χ4v) is 4.68. The molecule has 0 bridgehead atoms. The minimum atomic E-state index is -3.12. The highest BCUT2D eigenvalue weighted by Gasteiger charge is 2.42. The van der Waals surface area contributed by atoms with Gasteiger partial charge in [-0.1, -0.05) is 24.3 Å². The van der Waals surface area contributed by atoms with Crippen molar-refractivity contribution in [2.24, 2.45) is 0 Å². The molecule has 0 saturated heterocycles. The first-order valence-corrected chi connectivity index (χ1v) is 9.39. The summed E-state index contributed by atoms with van der Waals surface area (Å²) in [7, 11) is -1.65. The first-order chi connectivity index (χ1) is 11.9. The number of halogens is 4. The Morgan fingerprint density at radius 2 is 1.40 bits per heavy atom. The molecule has 25 heavy (non-hydrogen) atoms. The highest BCUT2D eigenvalue weighted by molar-refractivity contribution is 6.75. The molecule has 0 unspecified atom stereocenters. The second kappa shape index (κ2) is 8.09. The predicted molar refractivity (Wildman–Crippen MR) is 87.4 cm³/mol. The van der Waals surface area contributed by atoms with Gasteiger partial charge in [-0.05, 0) is 25.5 Å². The Bertz CT molecular complexity index is 732. The lowest BCUT2D eigenvalue weighted by Crippen LogP contribution is -2.56. The van der Waals surface area contributed by atoms with Crippen molar-refractivity contribution in [1.29, 1.82) is 0 Å². The smallest absolute Gasteiger partial charge is 0.373 e. The predicted octanol–water partition coefficient (Wildman–Crippen LogP) is 3.78. The number of rotatable bonds is 7. The average molecular weight is 374 g/mol. The molecule has 0 aliphatic carbocycles. The van der Waals surface area contributed by atoms with E-state index in [-0.39, 0.29) is 11.1 Å². The summed E-state index contributed by atoms with van der Waals surface area (Å²) in [5.41, 5.74) is -0.188. The second-order valence-corrected chi connectivity index (χ2v) is 7.73. The van der Waals surface area contributed by atoms with Crippen LogP contribution in [0, 0.1) is 23.3 Å². The van der Waals surface area contributed by atoms with E-state index in [0.29, 0.717) is 24.5 Å². The fourth-order valence-electron chi connectivity index (χ4n) is 2.46. The van der Waals surface area contributed by atoms with E-state index >= 15 is 0 Å². The van der Waals surface area contributed by atoms with Crippen LogP contribution in [0.4, 0.5) is 17.6 Å². The third-order valence-corrected chi connectivity index (χ3v) is 6.50. The molecule has 0 spiro atoms. The monoisotopic (exact) mass is 374 g/mol. The molecule has 2 aromatic rings. The van der Waals surface area contributed by atoms with E-state index in [9.17, 15) is 17.6 Å². The normalized spacial score (nSPS) is 11.8. The van der Waals surface area contributed by atoms with Crippen LogP contribution < -0.4 is 5.19 Å². The second-order valence-electron chi connectivity index (χ2n) is 5.05. The number of hydrogen-bond acceptors (Lipinski definition) is 3. The maximum Gasteiger partial charge on any atom is 0.536 e. The summed E-state index contributed by atoms with van der Waals surface area (Å²) in [5, 5.41) is 0.617. The summed E-state index contributed by atoms with van der Waals surface area (Å²) < 4.78 is 70.7. The Labute approximate surface area is 144 Å². The summed E-state index contributed by atoms with van der Waals surface area (Å²) in [6, 6.07) is 6.67. The Hall–Kier alpha value is -1.74. The number of hydrogen-bond donors (Lipinski definition) is 0. The Kier molecular flexibility index (Phi) is 6.34. The van der Waals surface area contributed by atoms with Gasteiger partial charge in [0.1, 0.15) is 0 Å². The van der Waals surface area contributed by atoms with Crippen molar-refractivity contribution in [3.05, 3.63) is 53.6 Å². The molecule has 2 rings (SSSR count). The zero-order valence-corrected chi connectivity index (χ0v) is 15.0. The average Bonchev–Trinajstić information content (AvgIpc) is 2.63. The lowest BCUT2D eigenvalue weighted by Gasteiger charge is -2.27. The van der Waals surface area contributed by atoms with Gasteiger partial charge in [-0.2, -0.15) is 0 Å². The van der Waals surface area contributed by atoms with Crippen LogP contribution >= 0.6 is 0 Å². The Morgan fingerprint density at radius 1 is 0.840 bits per heavy atom. The minimum Gasteiger partial charge on any atom is -0.373 e. The third-order valence-electron chi connectivity index (χ3n) is 3.59. The lowest BCUT2D eigenvalue weighted by atomic mass is 10.0. The van der Waals surface area contributed by atoms with E-state index in [1.54, 1.807) is 26.0 Å². The van der Waals surface area contributed by atoms with E-state index in [1.807, 2.05) is 0 Å². The Balaban J connectivity index is 2.46. The molecule has 0 aromatic heterocycles. The molecule has 0 amide bonds. The van der Waals surface area contributed by atoms with E-state index in [1.165, 1.54) is 19.2 Å². The summed E-state index contributed by atoms with van der Waals surface area (Å²) in [6.07, 6.45) is 0. The van der Waals surface area contributed by atoms with Gasteiger partial charge in [0.05, 0.1) is 0 Å². The van der Waals surface area contributed by atoms with Crippen molar-refractivity contribution < 1.29 is 30.8 Å². The quantitative estimate of drug-likeness (QED) is 0.320. The first-order valence-electron chi connectivity index (χ1n) is 7.67. The van der Waals surface area contributed by atoms with Gasteiger partial charge < -0.3 is 13.3 Å². The molecule has 0 atom stereocenters. The molecule has 8 heteroatoms. The van der Waals surface area contributed by atoms with Crippen LogP contribution in [0.15, 0.2) is 30.3 Å². The molecule has 0 saturated carbocycles. The van der Waals surface area contributed by atoms with Gasteiger partial charge in [-0.15, -0.1) is 0 Å². The minimum absolute atomic E-state index is 0.186. The topological polar surface area (TPSA) is 27.7 Å². The summed E-state index contributed by atoms with van der Waals surface area (Å²) in [4.78, 5) is 0. The zero-order valence-electron chi connectivity index (χ0n) is 14.0. The van der Waals surface area contributed by atoms with Gasteiger partial charge in [0.25, 0.3) is 0 Å². The highest BCUT2D eigenvalue weighted by Crippen LogP contribution is 2.27. The van der Waals surface area contributed by atoms with E-state index in [4.69, 9.17) is 13.3 Å². The first kappa shape index (κ1) is 19.6. The molecule has 136 valence electrons. The molecule has 2 aromatic carbocycles. The highest BCUT2D eigenvalue weighted by atomic mass is 28.4. The summed E-state index contributed by atoms with van der Waals surface area (Å²) in [5.74, 6) is -6.58. The third kappa shape index (κ3) is 3.76. The van der Waals surface area contributed by atoms with Crippen LogP contribution in [0.1, 0.15) is 13.8 Å². The van der Waals surface area contributed by atoms with Crippen LogP contribution in [0.3, 0.4) is 0 Å². The lowest BCUT2D eigenvalue weighted by molar-refractivity contribution is 0.102. The van der Waals surface area contributed by atoms with Crippen LogP contribution in [0.2, 0.25) is 0 Å². The van der Waals surface area contributed by atoms with Crippen LogP contribution in [-0.4, -0.2) is 29.1 Å². The van der Waals surface area contributed by atoms with Gasteiger partial charge >= 0.3 is 8.80 Å². The largest absolute Gasteiger partial charge is 0.536 e. The van der Waals surface area contributed by atoms with Crippen molar-refractivity contribution in [3.63, 3.8) is 0 Å². The number of benzene rings is 2. The molecule has 3 nitrogen and oxygen atoms in total. The van der Waals surface area contributed by atoms with Gasteiger partial charge in [-0.25, -0.2) is 17.6 Å². The van der Waals surface area contributed by atoms with Crippen molar-refractivity contribution in [3.8, 4) is 11.1 Å². The molecular weight excluding hydrogens is 356 g/mol. The van der Waals surface area contributed by atoms with Gasteiger partial charge in [-0.3, -0.25) is 0 Å². The maximum atomic E-state index is 13.9. The molecule has 0 N–H and O–H groups in total. The zero-order chi connectivity index (χ0) is 18.6. The molecule has 0 fully saturated rings. The molecular formula is C17H18F4O3Si. The molecule has 0 heterocycles. The van der Waals surface area contributed by atoms with E-state index in [2.05, 4.69) is 0 Å². The van der Waals surface area contributed by atoms with Crippen molar-refractivity contribution in [1.82, 2.24) is 0 Å². The standard InChI is InChI=1S/C17H18F4O3Si/c1-4-23-25(22-3,24-5-2)12-8-6-11(7-9-12)13-10-14(18)16(20)17(21)15(13)19/h6-10H,4-5H2,1-3H3. The van der Waals surface area contributed by atoms with Gasteiger partial charge in [0.2, 0.25) is 0 Å². The van der Waals surface area contributed by atoms with Gasteiger partial charge in [0.15, 0.2) is 23.3 Å². The van der Waals surface area contributed by atoms with Gasteiger partial charge in [0, 0.05) is 31.1 Å². The van der Waals surface area contributed by atoms with Crippen molar-refractivity contribution in [2.75, 3.05) is 20.3 Å². The molecule has 0 aliphatic rings. The summed E-state index contributed by atoms with van der Waals surface area (Å²) >= 11 is 0. The van der Waals surface area contributed by atoms with Crippen LogP contribution in [-0.2, 0) is 13.3 Å². The van der Waals surface area contributed by atoms with E-state index in [0.717, 1.165) is 0 Å². The van der Waals surface area contributed by atoms with E-state index < -0.39 is 32.1 Å². The molecule has 0 aliphatic heterocycles. The molecule has 0 radical (unpaired) electrons. The van der Waals surface area contributed by atoms with Crippen molar-refractivity contribution in [2.45, 2.75) is 13.8 Å². The Morgan fingerprint density at radius 3 is 1.88 bits per heavy atom. The van der Waals surface area contributed by atoms with Crippen molar-refractivity contribution >= 4 is 14.0 Å². The fraction of sp³-hybridized carbons (Fsp3) is 0.294. The van der Waals surface area contributed by atoms with Crippen LogP contribution in [0.5, 0.6) is 0 Å². The van der Waals surface area contributed by atoms with Crippen LogP contribution in [0.25, 0.3) is 11.1 Å². The SMILES string of the molecule is CCO[Si](OC)(OCC)c1ccc(-c2cc(F)c(F)c(F)c2F)cc1. The maximum absolute atomic E-state index is 13.9.